The van der Waals surface area contributed by atoms with Gasteiger partial charge in [-0.25, -0.2) is 0 Å². The molecule has 0 saturated carbocycles. The van der Waals surface area contributed by atoms with Crippen molar-refractivity contribution in [3.05, 3.63) is 29.8 Å². The highest BCUT2D eigenvalue weighted by Crippen LogP contribution is 2.11. The molecule has 4 N–H and O–H groups in total. The van der Waals surface area contributed by atoms with Gasteiger partial charge in [-0.2, -0.15) is 0 Å². The van der Waals surface area contributed by atoms with Crippen LogP contribution in [0.5, 0.6) is 0 Å². The molecule has 1 amide bonds. The number of amides is 1. The van der Waals surface area contributed by atoms with Crippen molar-refractivity contribution in [2.45, 2.75) is 38.6 Å². The molecule has 0 bridgehead atoms. The van der Waals surface area contributed by atoms with Gasteiger partial charge in [-0.1, -0.05) is 12.1 Å². The lowest BCUT2D eigenvalue weighted by molar-refractivity contribution is -0.136. The number of benzene rings is 1. The van der Waals surface area contributed by atoms with Crippen LogP contribution in [0.25, 0.3) is 0 Å². The van der Waals surface area contributed by atoms with E-state index in [0.29, 0.717) is 17.7 Å². The Morgan fingerprint density at radius 3 is 2.47 bits per heavy atom. The number of rotatable bonds is 7. The van der Waals surface area contributed by atoms with Crippen molar-refractivity contribution in [1.82, 2.24) is 0 Å². The third-order valence-electron chi connectivity index (χ3n) is 2.66. The lowest BCUT2D eigenvalue weighted by Crippen LogP contribution is -2.16. The highest BCUT2D eigenvalue weighted by molar-refractivity contribution is 5.90. The van der Waals surface area contributed by atoms with Crippen molar-refractivity contribution in [3.63, 3.8) is 0 Å². The largest absolute Gasteiger partial charge is 0.481 e. The smallest absolute Gasteiger partial charge is 0.307 e. The molecule has 1 rings (SSSR count). The van der Waals surface area contributed by atoms with E-state index in [4.69, 9.17) is 10.8 Å². The van der Waals surface area contributed by atoms with Gasteiger partial charge in [0.25, 0.3) is 0 Å². The van der Waals surface area contributed by atoms with Crippen molar-refractivity contribution >= 4 is 17.6 Å². The van der Waals surface area contributed by atoms with Crippen LogP contribution in [0.4, 0.5) is 5.69 Å². The van der Waals surface area contributed by atoms with Crippen molar-refractivity contribution in [2.75, 3.05) is 5.32 Å². The summed E-state index contributed by atoms with van der Waals surface area (Å²) >= 11 is 0. The fraction of sp³-hybridized carbons (Fsp3) is 0.429. The summed E-state index contributed by atoms with van der Waals surface area (Å²) in [6, 6.07) is 6.93. The van der Waals surface area contributed by atoms with E-state index in [1.165, 1.54) is 0 Å². The molecule has 1 atom stereocenters. The van der Waals surface area contributed by atoms with Crippen LogP contribution in [0.1, 0.15) is 31.7 Å². The SMILES string of the molecule is CC(N)CCCC(=O)Nc1ccc(CC(=O)O)cc1. The molecule has 0 heterocycles. The molecular weight excluding hydrogens is 244 g/mol. The first-order valence-corrected chi connectivity index (χ1v) is 6.33. The number of carboxylic acids is 1. The van der Waals surface area contributed by atoms with E-state index < -0.39 is 5.97 Å². The summed E-state index contributed by atoms with van der Waals surface area (Å²) in [5, 5.41) is 11.4. The summed E-state index contributed by atoms with van der Waals surface area (Å²) in [5.41, 5.74) is 7.00. The molecule has 0 fully saturated rings. The van der Waals surface area contributed by atoms with Gasteiger partial charge in [0.2, 0.25) is 5.91 Å². The molecule has 0 aliphatic rings. The van der Waals surface area contributed by atoms with E-state index in [9.17, 15) is 9.59 Å². The van der Waals surface area contributed by atoms with E-state index >= 15 is 0 Å². The van der Waals surface area contributed by atoms with Crippen LogP contribution in [-0.4, -0.2) is 23.0 Å². The number of aliphatic carboxylic acids is 1. The maximum absolute atomic E-state index is 11.6. The second kappa shape index (κ2) is 7.53. The fourth-order valence-corrected chi connectivity index (χ4v) is 1.69. The molecule has 0 spiro atoms. The lowest BCUT2D eigenvalue weighted by Gasteiger charge is -2.07. The number of carboxylic acid groups (broad SMARTS) is 1. The molecule has 1 aromatic rings. The summed E-state index contributed by atoms with van der Waals surface area (Å²) in [6.45, 7) is 1.92. The van der Waals surface area contributed by atoms with E-state index in [1.807, 2.05) is 6.92 Å². The topological polar surface area (TPSA) is 92.4 Å². The molecule has 19 heavy (non-hydrogen) atoms. The van der Waals surface area contributed by atoms with Crippen LogP contribution < -0.4 is 11.1 Å². The fourth-order valence-electron chi connectivity index (χ4n) is 1.69. The molecule has 1 aromatic carbocycles. The van der Waals surface area contributed by atoms with Crippen LogP contribution in [-0.2, 0) is 16.0 Å². The van der Waals surface area contributed by atoms with Crippen LogP contribution in [0.2, 0.25) is 0 Å². The molecule has 5 nitrogen and oxygen atoms in total. The van der Waals surface area contributed by atoms with Crippen molar-refractivity contribution in [2.24, 2.45) is 5.73 Å². The standard InChI is InChI=1S/C14H20N2O3/c1-10(15)3-2-4-13(17)16-12-7-5-11(6-8-12)9-14(18)19/h5-8,10H,2-4,9,15H2,1H3,(H,16,17)(H,18,19). The second-order valence-corrected chi connectivity index (χ2v) is 4.69. The zero-order chi connectivity index (χ0) is 14.3. The third-order valence-corrected chi connectivity index (χ3v) is 2.66. The zero-order valence-corrected chi connectivity index (χ0v) is 11.1. The number of hydrogen-bond donors (Lipinski definition) is 3. The van der Waals surface area contributed by atoms with Crippen molar-refractivity contribution in [3.8, 4) is 0 Å². The van der Waals surface area contributed by atoms with E-state index in [2.05, 4.69) is 5.32 Å². The average molecular weight is 264 g/mol. The highest BCUT2D eigenvalue weighted by atomic mass is 16.4. The molecule has 5 heteroatoms. The van der Waals surface area contributed by atoms with Gasteiger partial charge in [0.1, 0.15) is 0 Å². The van der Waals surface area contributed by atoms with Crippen LogP contribution in [0.15, 0.2) is 24.3 Å². The predicted octanol–water partition coefficient (Wildman–Crippen LogP) is 1.77. The molecular formula is C14H20N2O3. The van der Waals surface area contributed by atoms with E-state index in [-0.39, 0.29) is 18.4 Å². The second-order valence-electron chi connectivity index (χ2n) is 4.69. The normalized spacial score (nSPS) is 11.9. The summed E-state index contributed by atoms with van der Waals surface area (Å²) in [5.74, 6) is -0.917. The van der Waals surface area contributed by atoms with Crippen LogP contribution in [0, 0.1) is 0 Å². The first-order chi connectivity index (χ1) is 8.97. The molecule has 1 unspecified atom stereocenters. The maximum atomic E-state index is 11.6. The minimum Gasteiger partial charge on any atom is -0.481 e. The first kappa shape index (κ1) is 15.2. The molecule has 0 aliphatic heterocycles. The van der Waals surface area contributed by atoms with Gasteiger partial charge in [0, 0.05) is 18.2 Å². The Morgan fingerprint density at radius 1 is 1.32 bits per heavy atom. The third kappa shape index (κ3) is 6.57. The molecule has 0 aliphatic carbocycles. The van der Waals surface area contributed by atoms with Crippen molar-refractivity contribution < 1.29 is 14.7 Å². The molecule has 0 radical (unpaired) electrons. The molecule has 104 valence electrons. The number of carbonyl (C=O) groups excluding carboxylic acids is 1. The predicted molar refractivity (Wildman–Crippen MR) is 73.9 cm³/mol. The number of nitrogens with two attached hydrogens (primary N) is 1. The molecule has 0 saturated heterocycles. The minimum atomic E-state index is -0.868. The number of hydrogen-bond acceptors (Lipinski definition) is 3. The zero-order valence-electron chi connectivity index (χ0n) is 11.1. The van der Waals surface area contributed by atoms with Gasteiger partial charge >= 0.3 is 5.97 Å². The summed E-state index contributed by atoms with van der Waals surface area (Å²) in [4.78, 5) is 22.1. The van der Waals surface area contributed by atoms with Gasteiger partial charge in [0.05, 0.1) is 6.42 Å². The number of carbonyl (C=O) groups is 2. The first-order valence-electron chi connectivity index (χ1n) is 6.33. The average Bonchev–Trinajstić information content (AvgIpc) is 2.30. The van der Waals surface area contributed by atoms with Gasteiger partial charge in [-0.3, -0.25) is 9.59 Å². The Hall–Kier alpha value is -1.88. The van der Waals surface area contributed by atoms with Crippen molar-refractivity contribution in [1.29, 1.82) is 0 Å². The molecule has 0 aromatic heterocycles. The number of anilines is 1. The van der Waals surface area contributed by atoms with Crippen LogP contribution >= 0.6 is 0 Å². The Balaban J connectivity index is 2.40. The quantitative estimate of drug-likeness (QED) is 0.699. The maximum Gasteiger partial charge on any atom is 0.307 e. The summed E-state index contributed by atoms with van der Waals surface area (Å²) in [7, 11) is 0. The lowest BCUT2D eigenvalue weighted by atomic mass is 10.1. The summed E-state index contributed by atoms with van der Waals surface area (Å²) < 4.78 is 0. The van der Waals surface area contributed by atoms with E-state index in [1.54, 1.807) is 24.3 Å². The Morgan fingerprint density at radius 2 is 1.95 bits per heavy atom. The minimum absolute atomic E-state index is 0.0113. The summed E-state index contributed by atoms with van der Waals surface area (Å²) in [6.07, 6.45) is 2.02. The van der Waals surface area contributed by atoms with Gasteiger partial charge in [-0.05, 0) is 37.5 Å². The van der Waals surface area contributed by atoms with Gasteiger partial charge in [-0.15, -0.1) is 0 Å². The number of nitrogens with one attached hydrogen (secondary N) is 1. The Bertz CT molecular complexity index is 427. The highest BCUT2D eigenvalue weighted by Gasteiger charge is 2.04. The Labute approximate surface area is 112 Å². The Kier molecular flexibility index (Phi) is 6.02. The van der Waals surface area contributed by atoms with Crippen LogP contribution in [0.3, 0.4) is 0 Å². The van der Waals surface area contributed by atoms with Gasteiger partial charge < -0.3 is 16.2 Å². The van der Waals surface area contributed by atoms with E-state index in [0.717, 1.165) is 12.8 Å². The monoisotopic (exact) mass is 264 g/mol. The van der Waals surface area contributed by atoms with Gasteiger partial charge in [0.15, 0.2) is 0 Å².